The van der Waals surface area contributed by atoms with E-state index in [2.05, 4.69) is 0 Å². The van der Waals surface area contributed by atoms with Gasteiger partial charge in [-0.05, 0) is 84.3 Å². The number of carboxylic acids is 1. The molecule has 0 spiro atoms. The van der Waals surface area contributed by atoms with Gasteiger partial charge in [0.1, 0.15) is 17.1 Å². The van der Waals surface area contributed by atoms with E-state index in [1.807, 2.05) is 13.8 Å². The number of phenols is 2. The van der Waals surface area contributed by atoms with Crippen LogP contribution in [0.1, 0.15) is 83.8 Å². The standard InChI is InChI=1S/C23H36O6/c1-22(2,21(27)28)14-8-5-6-10-17-12-13-19(25)18(20(17)26)11-7-9-15-23(3,4)29-16-24/h12-13,16,25-26H,5-11,14-15H2,1-4H3,(H,27,28). The molecule has 0 fully saturated rings. The lowest BCUT2D eigenvalue weighted by Gasteiger charge is -2.22. The van der Waals surface area contributed by atoms with Gasteiger partial charge in [-0.1, -0.05) is 18.9 Å². The van der Waals surface area contributed by atoms with Crippen LogP contribution in [0.3, 0.4) is 0 Å². The number of aliphatic carboxylic acids is 1. The minimum atomic E-state index is -0.778. The normalized spacial score (nSPS) is 12.0. The summed E-state index contributed by atoms with van der Waals surface area (Å²) in [5.74, 6) is -0.531. The SMILES string of the molecule is CC(C)(CCCCc1c(O)ccc(CCCCCC(C)(C)C(=O)O)c1O)OC=O. The number of carbonyl (C=O) groups is 2. The first-order chi connectivity index (χ1) is 13.5. The molecule has 0 aliphatic heterocycles. The molecule has 6 heteroatoms. The highest BCUT2D eigenvalue weighted by molar-refractivity contribution is 5.73. The van der Waals surface area contributed by atoms with E-state index in [9.17, 15) is 19.8 Å². The van der Waals surface area contributed by atoms with Crippen LogP contribution < -0.4 is 0 Å². The molecule has 0 bridgehead atoms. The highest BCUT2D eigenvalue weighted by Crippen LogP contribution is 2.33. The zero-order chi connectivity index (χ0) is 22.1. The van der Waals surface area contributed by atoms with Crippen molar-refractivity contribution in [3.05, 3.63) is 23.3 Å². The summed E-state index contributed by atoms with van der Waals surface area (Å²) in [6.07, 6.45) is 6.71. The summed E-state index contributed by atoms with van der Waals surface area (Å²) in [7, 11) is 0. The predicted octanol–water partition coefficient (Wildman–Crippen LogP) is 4.98. The molecule has 0 atom stereocenters. The number of phenolic OH excluding ortho intramolecular Hbond substituents is 2. The third-order valence-corrected chi connectivity index (χ3v) is 5.49. The minimum absolute atomic E-state index is 0.0952. The van der Waals surface area contributed by atoms with Gasteiger partial charge in [0.15, 0.2) is 0 Å². The van der Waals surface area contributed by atoms with Gasteiger partial charge >= 0.3 is 5.97 Å². The van der Waals surface area contributed by atoms with Crippen LogP contribution in [0, 0.1) is 5.41 Å². The smallest absolute Gasteiger partial charge is 0.309 e. The van der Waals surface area contributed by atoms with Gasteiger partial charge in [0.05, 0.1) is 5.41 Å². The Morgan fingerprint density at radius 3 is 2.21 bits per heavy atom. The van der Waals surface area contributed by atoms with Crippen LogP contribution in [-0.2, 0) is 27.2 Å². The monoisotopic (exact) mass is 408 g/mol. The topological polar surface area (TPSA) is 104 Å². The van der Waals surface area contributed by atoms with Crippen molar-refractivity contribution < 1.29 is 29.6 Å². The number of rotatable bonds is 14. The zero-order valence-corrected chi connectivity index (χ0v) is 18.2. The molecule has 1 rings (SSSR count). The van der Waals surface area contributed by atoms with Gasteiger partial charge in [0.25, 0.3) is 6.47 Å². The first kappa shape index (κ1) is 24.8. The summed E-state index contributed by atoms with van der Waals surface area (Å²) in [6, 6.07) is 3.37. The Balaban J connectivity index is 2.52. The molecule has 0 aliphatic carbocycles. The molecule has 0 saturated heterocycles. The Morgan fingerprint density at radius 1 is 0.966 bits per heavy atom. The molecule has 1 aromatic carbocycles. The van der Waals surface area contributed by atoms with Crippen molar-refractivity contribution >= 4 is 12.4 Å². The molecule has 0 aromatic heterocycles. The van der Waals surface area contributed by atoms with Crippen molar-refractivity contribution in [2.45, 2.75) is 91.1 Å². The van der Waals surface area contributed by atoms with Gasteiger partial charge in [-0.25, -0.2) is 0 Å². The summed E-state index contributed by atoms with van der Waals surface area (Å²) in [5, 5.41) is 29.8. The van der Waals surface area contributed by atoms with Crippen molar-refractivity contribution in [3.8, 4) is 11.5 Å². The number of aryl methyl sites for hydroxylation is 1. The fourth-order valence-electron chi connectivity index (χ4n) is 3.33. The van der Waals surface area contributed by atoms with Crippen LogP contribution in [0.4, 0.5) is 0 Å². The Bertz CT molecular complexity index is 678. The lowest BCUT2D eigenvalue weighted by molar-refractivity contribution is -0.147. The second-order valence-corrected chi connectivity index (χ2v) is 9.00. The average molecular weight is 409 g/mol. The molecule has 164 valence electrons. The summed E-state index contributed by atoms with van der Waals surface area (Å²) < 4.78 is 5.03. The van der Waals surface area contributed by atoms with E-state index in [0.717, 1.165) is 37.7 Å². The second kappa shape index (κ2) is 11.1. The molecule has 0 radical (unpaired) electrons. The molecule has 6 nitrogen and oxygen atoms in total. The van der Waals surface area contributed by atoms with Crippen LogP contribution in [0.2, 0.25) is 0 Å². The first-order valence-corrected chi connectivity index (χ1v) is 10.4. The largest absolute Gasteiger partial charge is 0.508 e. The van der Waals surface area contributed by atoms with E-state index < -0.39 is 17.0 Å². The Hall–Kier alpha value is -2.24. The lowest BCUT2D eigenvalue weighted by Crippen LogP contribution is -2.23. The van der Waals surface area contributed by atoms with Gasteiger partial charge in [-0.15, -0.1) is 0 Å². The summed E-state index contributed by atoms with van der Waals surface area (Å²) >= 11 is 0. The summed E-state index contributed by atoms with van der Waals surface area (Å²) in [6.45, 7) is 7.64. The van der Waals surface area contributed by atoms with Crippen LogP contribution in [0.5, 0.6) is 11.5 Å². The van der Waals surface area contributed by atoms with Crippen molar-refractivity contribution in [2.75, 3.05) is 0 Å². The van der Waals surface area contributed by atoms with Crippen LogP contribution in [0.15, 0.2) is 12.1 Å². The quantitative estimate of drug-likeness (QED) is 0.296. The van der Waals surface area contributed by atoms with Gasteiger partial charge in [-0.2, -0.15) is 0 Å². The van der Waals surface area contributed by atoms with Crippen LogP contribution >= 0.6 is 0 Å². The third-order valence-electron chi connectivity index (χ3n) is 5.49. The molecule has 0 amide bonds. The summed E-state index contributed by atoms with van der Waals surface area (Å²) in [4.78, 5) is 21.6. The maximum atomic E-state index is 11.1. The number of ether oxygens (including phenoxy) is 1. The number of hydrogen-bond acceptors (Lipinski definition) is 5. The zero-order valence-electron chi connectivity index (χ0n) is 18.2. The molecule has 0 saturated carbocycles. The van der Waals surface area contributed by atoms with E-state index in [0.29, 0.717) is 37.7 Å². The lowest BCUT2D eigenvalue weighted by atomic mass is 9.87. The van der Waals surface area contributed by atoms with Crippen molar-refractivity contribution in [1.29, 1.82) is 0 Å². The fourth-order valence-corrected chi connectivity index (χ4v) is 3.33. The number of benzene rings is 1. The highest BCUT2D eigenvalue weighted by Gasteiger charge is 2.26. The molecule has 3 N–H and O–H groups in total. The first-order valence-electron chi connectivity index (χ1n) is 10.4. The van der Waals surface area contributed by atoms with E-state index >= 15 is 0 Å². The maximum Gasteiger partial charge on any atom is 0.309 e. The van der Waals surface area contributed by atoms with Crippen molar-refractivity contribution in [1.82, 2.24) is 0 Å². The van der Waals surface area contributed by atoms with Crippen LogP contribution in [0.25, 0.3) is 0 Å². The molecule has 0 aliphatic rings. The van der Waals surface area contributed by atoms with Crippen LogP contribution in [-0.4, -0.2) is 33.4 Å². The number of carbonyl (C=O) groups excluding carboxylic acids is 1. The Labute approximate surface area is 173 Å². The van der Waals surface area contributed by atoms with Gasteiger partial charge in [-0.3, -0.25) is 9.59 Å². The molecule has 1 aromatic rings. The third kappa shape index (κ3) is 8.34. The average Bonchev–Trinajstić information content (AvgIpc) is 2.62. The molecule has 0 heterocycles. The van der Waals surface area contributed by atoms with Gasteiger partial charge in [0, 0.05) is 5.56 Å². The summed E-state index contributed by atoms with van der Waals surface area (Å²) in [5.41, 5.74) is 0.144. The van der Waals surface area contributed by atoms with E-state index in [4.69, 9.17) is 9.84 Å². The molecular formula is C23H36O6. The maximum absolute atomic E-state index is 11.1. The fraction of sp³-hybridized carbons (Fsp3) is 0.652. The number of aromatic hydroxyl groups is 2. The highest BCUT2D eigenvalue weighted by atomic mass is 16.5. The van der Waals surface area contributed by atoms with E-state index in [-0.39, 0.29) is 11.5 Å². The van der Waals surface area contributed by atoms with Gasteiger partial charge < -0.3 is 20.1 Å². The van der Waals surface area contributed by atoms with Crippen molar-refractivity contribution in [3.63, 3.8) is 0 Å². The van der Waals surface area contributed by atoms with Gasteiger partial charge in [0.2, 0.25) is 0 Å². The van der Waals surface area contributed by atoms with E-state index in [1.165, 1.54) is 0 Å². The molecule has 0 unspecified atom stereocenters. The predicted molar refractivity (Wildman–Crippen MR) is 112 cm³/mol. The second-order valence-electron chi connectivity index (χ2n) is 9.00. The molecule has 29 heavy (non-hydrogen) atoms. The minimum Gasteiger partial charge on any atom is -0.508 e. The van der Waals surface area contributed by atoms with Crippen molar-refractivity contribution in [2.24, 2.45) is 5.41 Å². The molecular weight excluding hydrogens is 372 g/mol. The number of carboxylic acid groups (broad SMARTS) is 1. The Morgan fingerprint density at radius 2 is 1.59 bits per heavy atom. The number of unbranched alkanes of at least 4 members (excludes halogenated alkanes) is 3. The van der Waals surface area contributed by atoms with E-state index in [1.54, 1.807) is 26.0 Å². The number of hydrogen-bond donors (Lipinski definition) is 3. The Kier molecular flexibility index (Phi) is 9.47.